The van der Waals surface area contributed by atoms with Crippen molar-refractivity contribution in [2.24, 2.45) is 0 Å². The third kappa shape index (κ3) is 5.09. The zero-order chi connectivity index (χ0) is 26.0. The monoisotopic (exact) mass is 556 g/mol. The molecule has 0 spiro atoms. The Balaban J connectivity index is 1.67. The Morgan fingerprint density at radius 2 is 1.14 bits per heavy atom. The molecule has 0 saturated heterocycles. The van der Waals surface area contributed by atoms with E-state index in [1.165, 1.54) is 10.5 Å². The molecule has 0 aliphatic carbocycles. The van der Waals surface area contributed by atoms with Crippen LogP contribution in [0.3, 0.4) is 0 Å². The fourth-order valence-electron chi connectivity index (χ4n) is 4.61. The zero-order valence-corrected chi connectivity index (χ0v) is 22.6. The Morgan fingerprint density at radius 1 is 0.595 bits per heavy atom. The van der Waals surface area contributed by atoms with Crippen LogP contribution in [0.4, 0.5) is 13.2 Å². The third-order valence-corrected chi connectivity index (χ3v) is 15.3. The van der Waals surface area contributed by atoms with Gasteiger partial charge in [0.25, 0.3) is 0 Å². The van der Waals surface area contributed by atoms with Crippen molar-refractivity contribution in [1.29, 1.82) is 0 Å². The van der Waals surface area contributed by atoms with E-state index in [0.29, 0.717) is 11.3 Å². The molecule has 0 radical (unpaired) electrons. The molecular weight excluding hydrogens is 530 g/mol. The average Bonchev–Trinajstić information content (AvgIpc) is 2.93. The number of halogens is 3. The number of alkyl halides is 3. The molecule has 3 aromatic carbocycles. The second kappa shape index (κ2) is 9.98. The molecule has 2 nitrogen and oxygen atoms in total. The van der Waals surface area contributed by atoms with Crippen molar-refractivity contribution in [3.8, 4) is 22.5 Å². The van der Waals surface area contributed by atoms with Gasteiger partial charge in [-0.15, -0.1) is 0 Å². The minimum absolute atomic E-state index is 0.441. The fourth-order valence-corrected chi connectivity index (χ4v) is 11.4. The van der Waals surface area contributed by atoms with Gasteiger partial charge in [-0.25, -0.2) is 0 Å². The molecule has 0 bridgehead atoms. The molecule has 0 amide bonds. The van der Waals surface area contributed by atoms with Crippen LogP contribution in [0.2, 0.25) is 5.76 Å². The molecule has 1 atom stereocenters. The molecule has 2 aromatic heterocycles. The average molecular weight is 555 g/mol. The number of benzene rings is 3. The van der Waals surface area contributed by atoms with E-state index in [9.17, 15) is 13.2 Å². The summed E-state index contributed by atoms with van der Waals surface area (Å²) in [5, 5.41) is 0. The maximum atomic E-state index is 13.4. The van der Waals surface area contributed by atoms with Crippen molar-refractivity contribution in [1.82, 2.24) is 9.97 Å². The van der Waals surface area contributed by atoms with E-state index in [0.717, 1.165) is 38.0 Å². The van der Waals surface area contributed by atoms with Gasteiger partial charge < -0.3 is 0 Å². The van der Waals surface area contributed by atoms with E-state index in [-0.39, 0.29) is 0 Å². The Kier molecular flexibility index (Phi) is 6.73. The van der Waals surface area contributed by atoms with E-state index in [1.807, 2.05) is 48.5 Å². The summed E-state index contributed by atoms with van der Waals surface area (Å²) in [7, 11) is 0. The number of pyridine rings is 2. The first-order valence-corrected chi connectivity index (χ1v) is 17.2. The number of rotatable bonds is 5. The van der Waals surface area contributed by atoms with Crippen molar-refractivity contribution >= 4 is 26.7 Å². The Hall–Kier alpha value is -3.71. The van der Waals surface area contributed by atoms with Crippen LogP contribution in [0.1, 0.15) is 11.1 Å². The van der Waals surface area contributed by atoms with Crippen molar-refractivity contribution in [2.75, 3.05) is 0 Å². The molecule has 0 N–H and O–H groups in total. The van der Waals surface area contributed by atoms with Gasteiger partial charge in [0.15, 0.2) is 0 Å². The Bertz CT molecular complexity index is 1550. The number of aromatic nitrogens is 2. The van der Waals surface area contributed by atoms with E-state index >= 15 is 0 Å². The number of nitrogens with zero attached hydrogens (tertiary/aromatic N) is 2. The molecule has 2 heterocycles. The van der Waals surface area contributed by atoms with Gasteiger partial charge in [-0.2, -0.15) is 0 Å². The molecule has 1 unspecified atom stereocenters. The molecule has 6 heteroatoms. The van der Waals surface area contributed by atoms with Crippen molar-refractivity contribution < 1.29 is 13.2 Å². The predicted octanol–water partition coefficient (Wildman–Crippen LogP) is 6.24. The van der Waals surface area contributed by atoms with Crippen LogP contribution in [0.5, 0.6) is 0 Å². The van der Waals surface area contributed by atoms with Gasteiger partial charge in [0.1, 0.15) is 0 Å². The van der Waals surface area contributed by atoms with Gasteiger partial charge in [0, 0.05) is 0 Å². The summed E-state index contributed by atoms with van der Waals surface area (Å²) in [5.41, 5.74) is 3.38. The van der Waals surface area contributed by atoms with E-state index in [2.05, 4.69) is 49.1 Å². The normalized spacial score (nSPS) is 13.2. The van der Waals surface area contributed by atoms with Gasteiger partial charge in [-0.05, 0) is 0 Å². The van der Waals surface area contributed by atoms with Crippen molar-refractivity contribution in [2.45, 2.75) is 18.9 Å². The second-order valence-electron chi connectivity index (χ2n) is 9.26. The molecule has 0 fully saturated rings. The number of hydrogen-bond acceptors (Lipinski definition) is 2. The fraction of sp³-hybridized carbons (Fsp3) is 0.0968. The molecule has 0 aliphatic heterocycles. The van der Waals surface area contributed by atoms with Crippen LogP contribution < -0.4 is 13.4 Å². The molecular formula is C31H25F3GeN2. The molecule has 5 rings (SSSR count). The second-order valence-corrected chi connectivity index (χ2v) is 17.3. The standard InChI is InChI=1S/C31H25F3GeN2/c1-22-10-6-11-23(20-22)27-16-8-18-29(36-27)35(2,26-14-4-3-5-15-26)30-19-9-17-28(37-30)24-12-7-13-25(21-24)31(32,33)34/h3-21H,1-2H3. The van der Waals surface area contributed by atoms with Crippen LogP contribution >= 0.6 is 0 Å². The Labute approximate surface area is 217 Å². The van der Waals surface area contributed by atoms with Gasteiger partial charge >= 0.3 is 218 Å². The summed E-state index contributed by atoms with van der Waals surface area (Å²) in [6, 6.07) is 35.6. The van der Waals surface area contributed by atoms with Gasteiger partial charge in [-0.3, -0.25) is 0 Å². The van der Waals surface area contributed by atoms with E-state index in [1.54, 1.807) is 12.1 Å². The summed E-state index contributed by atoms with van der Waals surface area (Å²) in [6.07, 6.45) is -4.41. The summed E-state index contributed by atoms with van der Waals surface area (Å²) in [4.78, 5) is 10.1. The molecule has 0 aliphatic rings. The van der Waals surface area contributed by atoms with E-state index in [4.69, 9.17) is 9.97 Å². The summed E-state index contributed by atoms with van der Waals surface area (Å²) >= 11 is -3.40. The van der Waals surface area contributed by atoms with Crippen molar-refractivity contribution in [3.05, 3.63) is 126 Å². The van der Waals surface area contributed by atoms with Crippen molar-refractivity contribution in [3.63, 3.8) is 0 Å². The summed E-state index contributed by atoms with van der Waals surface area (Å²) < 4.78 is 43.2. The maximum absolute atomic E-state index is 13.4. The predicted molar refractivity (Wildman–Crippen MR) is 146 cm³/mol. The molecule has 184 valence electrons. The number of aryl methyl sites for hydroxylation is 1. The first-order valence-electron chi connectivity index (χ1n) is 12.0. The summed E-state index contributed by atoms with van der Waals surface area (Å²) in [6.45, 7) is 2.06. The SMILES string of the molecule is Cc1cccc(-c2ccc[c]([Ge]([CH3])([c]3ccccc3)[c]3cccc(-c4cccc(C(F)(F)F)c4)n3)n2)c1. The van der Waals surface area contributed by atoms with Crippen LogP contribution in [-0.4, -0.2) is 23.2 Å². The van der Waals surface area contributed by atoms with Gasteiger partial charge in [0.2, 0.25) is 0 Å². The molecule has 37 heavy (non-hydrogen) atoms. The topological polar surface area (TPSA) is 25.8 Å². The van der Waals surface area contributed by atoms with Crippen LogP contribution in [0, 0.1) is 6.92 Å². The first kappa shape index (κ1) is 25.0. The Morgan fingerprint density at radius 3 is 1.70 bits per heavy atom. The van der Waals surface area contributed by atoms with Crippen LogP contribution in [0.25, 0.3) is 22.5 Å². The third-order valence-electron chi connectivity index (χ3n) is 6.67. The van der Waals surface area contributed by atoms with E-state index < -0.39 is 25.0 Å². The van der Waals surface area contributed by atoms with Crippen LogP contribution in [0.15, 0.2) is 115 Å². The van der Waals surface area contributed by atoms with Gasteiger partial charge in [-0.1, -0.05) is 0 Å². The first-order chi connectivity index (χ1) is 17.7. The summed E-state index contributed by atoms with van der Waals surface area (Å²) in [5.74, 6) is 2.25. The van der Waals surface area contributed by atoms with Crippen LogP contribution in [-0.2, 0) is 6.18 Å². The quantitative estimate of drug-likeness (QED) is 0.240. The zero-order valence-electron chi connectivity index (χ0n) is 20.5. The van der Waals surface area contributed by atoms with Gasteiger partial charge in [0.05, 0.1) is 0 Å². The minimum atomic E-state index is -4.41. The number of hydrogen-bond donors (Lipinski definition) is 0. The molecule has 5 aromatic rings. The molecule has 0 saturated carbocycles.